The van der Waals surface area contributed by atoms with Gasteiger partial charge < -0.3 is 10.2 Å². The zero-order valence-corrected chi connectivity index (χ0v) is 23.8. The van der Waals surface area contributed by atoms with Crippen LogP contribution in [0.3, 0.4) is 0 Å². The summed E-state index contributed by atoms with van der Waals surface area (Å²) in [7, 11) is 0. The minimum absolute atomic E-state index is 0.102. The number of nitrogens with one attached hydrogen (secondary N) is 1. The molecule has 4 aromatic rings. The van der Waals surface area contributed by atoms with Gasteiger partial charge in [-0.15, -0.1) is 0 Å². The van der Waals surface area contributed by atoms with Crippen molar-refractivity contribution in [3.05, 3.63) is 118 Å². The molecule has 1 saturated carbocycles. The number of hydrogen-bond acceptors (Lipinski definition) is 3. The Morgan fingerprint density at radius 2 is 1.66 bits per heavy atom. The van der Waals surface area contributed by atoms with Crippen LogP contribution < -0.4 is 10.2 Å². The second kappa shape index (κ2) is 10.5. The van der Waals surface area contributed by atoms with Gasteiger partial charge in [0, 0.05) is 42.1 Å². The molecule has 2 fully saturated rings. The molecule has 2 bridgehead atoms. The quantitative estimate of drug-likeness (QED) is 0.279. The molecular weight excluding hydrogens is 530 g/mol. The molecule has 0 spiro atoms. The Hall–Kier alpha value is -3.93. The first-order chi connectivity index (χ1) is 20.0. The first kappa shape index (κ1) is 26.0. The number of benzene rings is 4. The topological polar surface area (TPSA) is 52.7 Å². The van der Waals surface area contributed by atoms with Gasteiger partial charge in [0.15, 0.2) is 0 Å². The largest absolute Gasteiger partial charge is 0.322 e. The van der Waals surface area contributed by atoms with E-state index in [-0.39, 0.29) is 11.8 Å². The van der Waals surface area contributed by atoms with Crippen LogP contribution in [0.5, 0.6) is 0 Å². The smallest absolute Gasteiger partial charge is 0.259 e. The number of anilines is 2. The highest BCUT2D eigenvalue weighted by molar-refractivity contribution is 6.35. The lowest BCUT2D eigenvalue weighted by Gasteiger charge is -2.35. The molecule has 3 atom stereocenters. The number of rotatable bonds is 4. The van der Waals surface area contributed by atoms with Gasteiger partial charge in [-0.1, -0.05) is 77.8 Å². The van der Waals surface area contributed by atoms with Crippen LogP contribution in [0.2, 0.25) is 5.02 Å². The van der Waals surface area contributed by atoms with Crippen molar-refractivity contribution in [3.63, 3.8) is 0 Å². The highest BCUT2D eigenvalue weighted by atomic mass is 35.5. The number of amides is 2. The number of piperidine rings is 1. The highest BCUT2D eigenvalue weighted by Gasteiger charge is 2.48. The van der Waals surface area contributed by atoms with Crippen molar-refractivity contribution in [1.82, 2.24) is 4.90 Å². The molecule has 4 aromatic carbocycles. The van der Waals surface area contributed by atoms with Crippen LogP contribution in [0.4, 0.5) is 11.4 Å². The Labute approximate surface area is 245 Å². The van der Waals surface area contributed by atoms with Crippen molar-refractivity contribution < 1.29 is 9.59 Å². The summed E-state index contributed by atoms with van der Waals surface area (Å²) in [5, 5.41) is 3.31. The monoisotopic (exact) mass is 561 g/mol. The van der Waals surface area contributed by atoms with E-state index in [0.29, 0.717) is 46.4 Å². The molecule has 6 heteroatoms. The molecule has 7 rings (SSSR count). The van der Waals surface area contributed by atoms with Crippen molar-refractivity contribution >= 4 is 34.8 Å². The molecule has 2 amide bonds. The fraction of sp³-hybridized carbons (Fsp3) is 0.257. The average Bonchev–Trinajstić information content (AvgIpc) is 3.54. The van der Waals surface area contributed by atoms with E-state index in [0.717, 1.165) is 28.9 Å². The summed E-state index contributed by atoms with van der Waals surface area (Å²) in [6.45, 7) is 3.59. The molecule has 2 aliphatic heterocycles. The molecule has 3 aliphatic rings. The lowest BCUT2D eigenvalue weighted by atomic mass is 9.98. The molecule has 206 valence electrons. The lowest BCUT2D eigenvalue weighted by molar-refractivity contribution is 0.0961. The van der Waals surface area contributed by atoms with E-state index in [1.807, 2.05) is 72.5 Å². The number of hydrogen-bond donors (Lipinski definition) is 1. The summed E-state index contributed by atoms with van der Waals surface area (Å²) in [6.07, 6.45) is 3.73. The van der Waals surface area contributed by atoms with Crippen molar-refractivity contribution in [2.45, 2.75) is 44.8 Å². The lowest BCUT2D eigenvalue weighted by Crippen LogP contribution is -2.46. The van der Waals surface area contributed by atoms with Gasteiger partial charge in [-0.05, 0) is 79.1 Å². The first-order valence-electron chi connectivity index (χ1n) is 14.4. The second-order valence-corrected chi connectivity index (χ2v) is 12.0. The summed E-state index contributed by atoms with van der Waals surface area (Å²) < 4.78 is 0. The van der Waals surface area contributed by atoms with Gasteiger partial charge in [0.05, 0.1) is 10.6 Å². The van der Waals surface area contributed by atoms with Crippen molar-refractivity contribution in [1.29, 1.82) is 0 Å². The number of halogens is 1. The Balaban J connectivity index is 1.14. The van der Waals surface area contributed by atoms with Gasteiger partial charge in [0.1, 0.15) is 0 Å². The third-order valence-corrected chi connectivity index (χ3v) is 9.44. The van der Waals surface area contributed by atoms with Crippen LogP contribution in [-0.2, 0) is 6.54 Å². The fourth-order valence-electron chi connectivity index (χ4n) is 7.04. The zero-order valence-electron chi connectivity index (χ0n) is 23.0. The Bertz CT molecular complexity index is 1650. The third kappa shape index (κ3) is 4.73. The van der Waals surface area contributed by atoms with Crippen LogP contribution in [0.15, 0.2) is 91.0 Å². The third-order valence-electron chi connectivity index (χ3n) is 9.13. The summed E-state index contributed by atoms with van der Waals surface area (Å²) >= 11 is 6.75. The minimum Gasteiger partial charge on any atom is -0.322 e. The summed E-state index contributed by atoms with van der Waals surface area (Å²) in [6, 6.07) is 30.1. The highest BCUT2D eigenvalue weighted by Crippen LogP contribution is 2.46. The molecule has 0 aromatic heterocycles. The maximum absolute atomic E-state index is 14.0. The van der Waals surface area contributed by atoms with Crippen molar-refractivity contribution in [2.75, 3.05) is 16.8 Å². The molecule has 2 heterocycles. The maximum Gasteiger partial charge on any atom is 0.259 e. The average molecular weight is 562 g/mol. The Kier molecular flexibility index (Phi) is 6.64. The summed E-state index contributed by atoms with van der Waals surface area (Å²) in [5.74, 6) is 0.310. The predicted octanol–water partition coefficient (Wildman–Crippen LogP) is 7.58. The van der Waals surface area contributed by atoms with Gasteiger partial charge in [-0.25, -0.2) is 0 Å². The van der Waals surface area contributed by atoms with E-state index in [1.54, 1.807) is 18.2 Å². The molecule has 1 N–H and O–H groups in total. The molecular formula is C35H32ClN3O2. The number of aryl methyl sites for hydroxylation is 1. The zero-order chi connectivity index (χ0) is 28.1. The van der Waals surface area contributed by atoms with Crippen LogP contribution in [0, 0.1) is 12.8 Å². The minimum atomic E-state index is -0.228. The fourth-order valence-corrected chi connectivity index (χ4v) is 7.30. The number of nitrogens with zero attached hydrogens (tertiary/aromatic N) is 2. The van der Waals surface area contributed by atoms with Crippen LogP contribution in [0.1, 0.15) is 51.1 Å². The second-order valence-electron chi connectivity index (χ2n) is 11.6. The van der Waals surface area contributed by atoms with E-state index >= 15 is 0 Å². The van der Waals surface area contributed by atoms with Crippen LogP contribution in [-0.4, -0.2) is 35.3 Å². The van der Waals surface area contributed by atoms with E-state index in [9.17, 15) is 9.59 Å². The summed E-state index contributed by atoms with van der Waals surface area (Å²) in [5.41, 5.74) is 6.71. The van der Waals surface area contributed by atoms with E-state index in [4.69, 9.17) is 11.6 Å². The van der Waals surface area contributed by atoms with Gasteiger partial charge in [-0.2, -0.15) is 0 Å². The Morgan fingerprint density at radius 1 is 0.878 bits per heavy atom. The molecule has 0 radical (unpaired) electrons. The van der Waals surface area contributed by atoms with Crippen LogP contribution >= 0.6 is 11.6 Å². The number of para-hydroxylation sites is 1. The molecule has 41 heavy (non-hydrogen) atoms. The molecule has 1 aliphatic carbocycles. The van der Waals surface area contributed by atoms with Crippen molar-refractivity contribution in [2.24, 2.45) is 5.92 Å². The van der Waals surface area contributed by atoms with Gasteiger partial charge in [0.2, 0.25) is 0 Å². The molecule has 2 unspecified atom stereocenters. The predicted molar refractivity (Wildman–Crippen MR) is 165 cm³/mol. The normalized spacial score (nSPS) is 21.2. The van der Waals surface area contributed by atoms with Gasteiger partial charge in [0.25, 0.3) is 11.8 Å². The maximum atomic E-state index is 14.0. The van der Waals surface area contributed by atoms with Gasteiger partial charge >= 0.3 is 0 Å². The van der Waals surface area contributed by atoms with E-state index < -0.39 is 0 Å². The standard InChI is InChI=1S/C35H32ClN3O2/c1-22-10-12-23(13-11-22)28-7-3-4-8-29(28)34(40)37-26-15-17-30(31(36)19-26)35(41)39-21-33-24-14-16-27(18-24)38(33)20-25-6-2-5-9-32(25)39/h2-13,15,17,19,24,27,33H,14,16,18,20-21H2,1H3,(H,37,40)/t24?,27?,33-/m1/s1. The number of fused-ring (bicyclic) bond motifs is 6. The van der Waals surface area contributed by atoms with Crippen molar-refractivity contribution in [3.8, 4) is 11.1 Å². The molecule has 5 nitrogen and oxygen atoms in total. The van der Waals surface area contributed by atoms with Gasteiger partial charge in [-0.3, -0.25) is 14.5 Å². The summed E-state index contributed by atoms with van der Waals surface area (Å²) in [4.78, 5) is 32.0. The Morgan fingerprint density at radius 3 is 2.49 bits per heavy atom. The SMILES string of the molecule is Cc1ccc(-c2ccccc2C(=O)Nc2ccc(C(=O)N3C[C@@H]4C5CCC(C5)N4Cc4ccccc43)c(Cl)c2)cc1. The molecule has 1 saturated heterocycles. The first-order valence-corrected chi connectivity index (χ1v) is 14.8. The van der Waals surface area contributed by atoms with E-state index in [2.05, 4.69) is 22.3 Å². The van der Waals surface area contributed by atoms with Crippen LogP contribution in [0.25, 0.3) is 11.1 Å². The number of carbonyl (C=O) groups is 2. The van der Waals surface area contributed by atoms with E-state index in [1.165, 1.54) is 24.8 Å². The number of carbonyl (C=O) groups excluding carboxylic acids is 2.